The number of para-hydroxylation sites is 2. The van der Waals surface area contributed by atoms with Crippen molar-refractivity contribution in [3.05, 3.63) is 127 Å². The molecule has 0 N–H and O–H groups in total. The SMILES string of the molecule is CCc1oc2ccccc2c1-c1cn(C)c(C([N-]c2c(C(C)C)cccc2C(C)C)c2c(C(C)C)cc(C(C)C)cc2C(C)C)n1.C[N-]C.C[N-]C.C[N-]C.[Zr+4]. The molecule has 0 aliphatic rings. The van der Waals surface area contributed by atoms with Crippen LogP contribution in [0.1, 0.15) is 157 Å². The van der Waals surface area contributed by atoms with E-state index in [4.69, 9.17) is 14.7 Å². The van der Waals surface area contributed by atoms with Crippen LogP contribution in [0, 0.1) is 0 Å². The number of rotatable bonds is 11. The van der Waals surface area contributed by atoms with E-state index in [0.717, 1.165) is 45.9 Å². The maximum atomic E-state index is 6.34. The van der Waals surface area contributed by atoms with Gasteiger partial charge in [-0.05, 0) is 64.0 Å². The molecule has 304 valence electrons. The Labute approximate surface area is 360 Å². The van der Waals surface area contributed by atoms with Gasteiger partial charge in [0.2, 0.25) is 0 Å². The molecule has 2 heterocycles. The predicted molar refractivity (Wildman–Crippen MR) is 242 cm³/mol. The van der Waals surface area contributed by atoms with Gasteiger partial charge in [0.1, 0.15) is 11.3 Å². The van der Waals surface area contributed by atoms with Crippen LogP contribution in [0.15, 0.2) is 65.2 Å². The average molecular weight is 840 g/mol. The van der Waals surface area contributed by atoms with Gasteiger partial charge in [-0.3, -0.25) is 0 Å². The molecule has 0 saturated heterocycles. The number of aromatic nitrogens is 2. The van der Waals surface area contributed by atoms with Crippen molar-refractivity contribution >= 4 is 16.7 Å². The summed E-state index contributed by atoms with van der Waals surface area (Å²) in [6.07, 6.45) is 2.98. The van der Waals surface area contributed by atoms with Crippen molar-refractivity contribution in [2.45, 2.75) is 118 Å². The molecule has 5 aromatic rings. The summed E-state index contributed by atoms with van der Waals surface area (Å²) >= 11 is 0. The molecule has 0 saturated carbocycles. The maximum absolute atomic E-state index is 6.34. The Morgan fingerprint density at radius 2 is 1.11 bits per heavy atom. The van der Waals surface area contributed by atoms with Crippen LogP contribution in [-0.4, -0.2) is 51.8 Å². The van der Waals surface area contributed by atoms with Crippen molar-refractivity contribution in [2.75, 3.05) is 42.3 Å². The summed E-state index contributed by atoms with van der Waals surface area (Å²) in [5.74, 6) is 3.72. The monoisotopic (exact) mass is 838 g/mol. The molecule has 0 fully saturated rings. The number of benzene rings is 3. The largest absolute Gasteiger partial charge is 4.00 e. The van der Waals surface area contributed by atoms with E-state index in [-0.39, 0.29) is 32.2 Å². The first-order valence-corrected chi connectivity index (χ1v) is 20.1. The minimum absolute atomic E-state index is 0. The van der Waals surface area contributed by atoms with Crippen LogP contribution in [0.25, 0.3) is 43.5 Å². The molecule has 0 aliphatic carbocycles. The second-order valence-corrected chi connectivity index (χ2v) is 15.9. The van der Waals surface area contributed by atoms with Gasteiger partial charge in [0.15, 0.2) is 0 Å². The fourth-order valence-corrected chi connectivity index (χ4v) is 6.85. The Morgan fingerprint density at radius 3 is 1.54 bits per heavy atom. The van der Waals surface area contributed by atoms with E-state index in [1.165, 1.54) is 33.4 Å². The van der Waals surface area contributed by atoms with E-state index in [2.05, 4.69) is 158 Å². The van der Waals surface area contributed by atoms with Crippen LogP contribution >= 0.6 is 0 Å². The molecule has 0 aliphatic heterocycles. The summed E-state index contributed by atoms with van der Waals surface area (Å²) in [5, 5.41) is 17.5. The zero-order chi connectivity index (χ0) is 41.6. The fraction of sp³-hybridized carbons (Fsp3) is 0.521. The van der Waals surface area contributed by atoms with Crippen LogP contribution in [0.2, 0.25) is 0 Å². The first kappa shape index (κ1) is 51.0. The topological polar surface area (TPSA) is 87.4 Å². The van der Waals surface area contributed by atoms with E-state index >= 15 is 0 Å². The summed E-state index contributed by atoms with van der Waals surface area (Å²) < 4.78 is 8.55. The zero-order valence-corrected chi connectivity index (χ0v) is 40.5. The summed E-state index contributed by atoms with van der Waals surface area (Å²) in [6, 6.07) is 19.6. The van der Waals surface area contributed by atoms with Gasteiger partial charge < -0.3 is 30.3 Å². The molecule has 8 heteroatoms. The molecule has 2 aromatic heterocycles. The van der Waals surface area contributed by atoms with Crippen LogP contribution in [0.4, 0.5) is 5.69 Å². The number of hydrogen-bond acceptors (Lipinski definition) is 2. The van der Waals surface area contributed by atoms with E-state index in [9.17, 15) is 0 Å². The number of fused-ring (bicyclic) bond motifs is 1. The molecular weight excluding hydrogens is 768 g/mol. The number of nitrogens with zero attached hydrogens (tertiary/aromatic N) is 6. The standard InChI is InChI=1S/C42H54N3O.3C2H6N.Zr/c1-13-36-39(32-17-14-15-20-37(32)46-36)35-23-45(12)42(43-35)41(44-40-30(25(4)5)18-16-19-31(40)26(6)7)38-33(27(8)9)21-29(24(2)3)22-34(38)28(10)11;3*1-3-2;/h14-28,41H,13H2,1-12H3;3*1-2H3;/q4*-1;+4. The third kappa shape index (κ3) is 12.7. The normalized spacial score (nSPS) is 11.6. The Morgan fingerprint density at radius 1 is 0.643 bits per heavy atom. The zero-order valence-electron chi connectivity index (χ0n) is 38.0. The summed E-state index contributed by atoms with van der Waals surface area (Å²) in [7, 11) is 12.6. The van der Waals surface area contributed by atoms with Crippen molar-refractivity contribution in [3.63, 3.8) is 0 Å². The van der Waals surface area contributed by atoms with Gasteiger partial charge in [0.25, 0.3) is 0 Å². The maximum Gasteiger partial charge on any atom is 4.00 e. The van der Waals surface area contributed by atoms with Gasteiger partial charge in [-0.25, -0.2) is 4.98 Å². The van der Waals surface area contributed by atoms with Crippen LogP contribution < -0.4 is 0 Å². The van der Waals surface area contributed by atoms with Crippen LogP contribution in [0.5, 0.6) is 0 Å². The second kappa shape index (κ2) is 24.7. The van der Waals surface area contributed by atoms with E-state index < -0.39 is 0 Å². The third-order valence-electron chi connectivity index (χ3n) is 9.45. The minimum Gasteiger partial charge on any atom is -0.671 e. The van der Waals surface area contributed by atoms with Crippen molar-refractivity contribution in [1.82, 2.24) is 9.55 Å². The molecule has 56 heavy (non-hydrogen) atoms. The second-order valence-electron chi connectivity index (χ2n) is 15.9. The van der Waals surface area contributed by atoms with Gasteiger partial charge in [-0.1, -0.05) is 136 Å². The summed E-state index contributed by atoms with van der Waals surface area (Å²) in [4.78, 5) is 5.50. The van der Waals surface area contributed by atoms with Gasteiger partial charge in [-0.15, -0.1) is 5.69 Å². The Hall–Kier alpha value is -3.03. The molecule has 1 unspecified atom stereocenters. The average Bonchev–Trinajstić information content (AvgIpc) is 3.70. The molecule has 0 spiro atoms. The smallest absolute Gasteiger partial charge is 0.671 e. The van der Waals surface area contributed by atoms with E-state index in [0.29, 0.717) is 29.6 Å². The number of imidazole rings is 1. The molecule has 0 radical (unpaired) electrons. The minimum atomic E-state index is -0.282. The molecule has 0 amide bonds. The number of furan rings is 1. The van der Waals surface area contributed by atoms with Gasteiger partial charge >= 0.3 is 26.2 Å². The van der Waals surface area contributed by atoms with Gasteiger partial charge in [0.05, 0.1) is 17.1 Å². The summed E-state index contributed by atoms with van der Waals surface area (Å²) in [6.45, 7) is 25.1. The van der Waals surface area contributed by atoms with Crippen molar-refractivity contribution in [2.24, 2.45) is 7.05 Å². The predicted octanol–water partition coefficient (Wildman–Crippen LogP) is 14.7. The fourth-order valence-electron chi connectivity index (χ4n) is 6.85. The number of aryl methyl sites for hydroxylation is 2. The quantitative estimate of drug-likeness (QED) is 0.133. The Balaban J connectivity index is 0.00000143. The van der Waals surface area contributed by atoms with Crippen LogP contribution in [-0.2, 0) is 39.7 Å². The molecular formula is C48H72N6OZr. The summed E-state index contributed by atoms with van der Waals surface area (Å²) in [5.41, 5.74) is 12.0. The Bertz CT molecular complexity index is 1820. The number of hydrogen-bond donors (Lipinski definition) is 0. The molecule has 1 atom stereocenters. The van der Waals surface area contributed by atoms with Crippen molar-refractivity contribution < 1.29 is 30.6 Å². The van der Waals surface area contributed by atoms with Gasteiger partial charge in [-0.2, -0.15) is 42.3 Å². The van der Waals surface area contributed by atoms with Crippen molar-refractivity contribution in [3.8, 4) is 11.3 Å². The van der Waals surface area contributed by atoms with Crippen LogP contribution in [0.3, 0.4) is 0 Å². The molecule has 7 nitrogen and oxygen atoms in total. The van der Waals surface area contributed by atoms with Crippen molar-refractivity contribution in [1.29, 1.82) is 0 Å². The Kier molecular flexibility index (Phi) is 22.5. The van der Waals surface area contributed by atoms with E-state index in [1.807, 2.05) is 6.07 Å². The molecule has 3 aromatic carbocycles. The first-order chi connectivity index (χ1) is 26.1. The van der Waals surface area contributed by atoms with E-state index in [1.54, 1.807) is 42.3 Å². The molecule has 5 rings (SSSR count). The third-order valence-corrected chi connectivity index (χ3v) is 9.45. The first-order valence-electron chi connectivity index (χ1n) is 20.1. The van der Waals surface area contributed by atoms with Gasteiger partial charge in [0, 0.05) is 25.1 Å². The molecule has 0 bridgehead atoms.